The first-order valence-corrected chi connectivity index (χ1v) is 10.4. The van der Waals surface area contributed by atoms with E-state index in [9.17, 15) is 0 Å². The Balaban J connectivity index is 1.83. The van der Waals surface area contributed by atoms with Gasteiger partial charge in [0.05, 0.1) is 18.8 Å². The van der Waals surface area contributed by atoms with E-state index in [2.05, 4.69) is 41.3 Å². The molecule has 26 heavy (non-hydrogen) atoms. The SMILES string of the molecule is CCCOC1(CNC(=NC)NCC(C)(C)N2CCOCC2)CCCCC1. The minimum Gasteiger partial charge on any atom is -0.379 e. The van der Waals surface area contributed by atoms with Crippen molar-refractivity contribution >= 4 is 5.96 Å². The molecule has 2 fully saturated rings. The van der Waals surface area contributed by atoms with Crippen molar-refractivity contribution in [1.29, 1.82) is 0 Å². The van der Waals surface area contributed by atoms with Crippen LogP contribution in [0.15, 0.2) is 4.99 Å². The van der Waals surface area contributed by atoms with Crippen LogP contribution in [0, 0.1) is 0 Å². The van der Waals surface area contributed by atoms with Gasteiger partial charge >= 0.3 is 0 Å². The van der Waals surface area contributed by atoms with Crippen LogP contribution in [0.4, 0.5) is 0 Å². The summed E-state index contributed by atoms with van der Waals surface area (Å²) in [7, 11) is 1.84. The van der Waals surface area contributed by atoms with Crippen LogP contribution in [-0.4, -0.2) is 75.0 Å². The summed E-state index contributed by atoms with van der Waals surface area (Å²) in [6.07, 6.45) is 7.23. The second-order valence-electron chi connectivity index (χ2n) is 8.28. The summed E-state index contributed by atoms with van der Waals surface area (Å²) in [5.74, 6) is 0.872. The lowest BCUT2D eigenvalue weighted by molar-refractivity contribution is -0.0657. The van der Waals surface area contributed by atoms with Crippen molar-refractivity contribution in [2.24, 2.45) is 4.99 Å². The van der Waals surface area contributed by atoms with Gasteiger partial charge in [-0.05, 0) is 33.1 Å². The fraction of sp³-hybridized carbons (Fsp3) is 0.950. The highest BCUT2D eigenvalue weighted by molar-refractivity contribution is 5.79. The van der Waals surface area contributed by atoms with Crippen LogP contribution in [0.25, 0.3) is 0 Å². The van der Waals surface area contributed by atoms with Crippen molar-refractivity contribution < 1.29 is 9.47 Å². The fourth-order valence-electron chi connectivity index (χ4n) is 3.93. The third-order valence-corrected chi connectivity index (χ3v) is 5.73. The van der Waals surface area contributed by atoms with Gasteiger partial charge in [-0.2, -0.15) is 0 Å². The molecule has 0 radical (unpaired) electrons. The number of rotatable bonds is 8. The number of guanidine groups is 1. The predicted octanol–water partition coefficient (Wildman–Crippen LogP) is 2.39. The average molecular weight is 369 g/mol. The largest absolute Gasteiger partial charge is 0.379 e. The van der Waals surface area contributed by atoms with E-state index in [-0.39, 0.29) is 11.1 Å². The molecule has 2 aliphatic rings. The number of nitrogens with zero attached hydrogens (tertiary/aromatic N) is 2. The topological polar surface area (TPSA) is 58.1 Å². The standard InChI is InChI=1S/C20H40N4O2/c1-5-13-26-20(9-7-6-8-10-20)17-23-18(21-4)22-16-19(2,3)24-11-14-25-15-12-24/h5-17H2,1-4H3,(H2,21,22,23). The van der Waals surface area contributed by atoms with Gasteiger partial charge in [0.1, 0.15) is 0 Å². The molecular weight excluding hydrogens is 328 g/mol. The van der Waals surface area contributed by atoms with E-state index in [0.717, 1.165) is 71.2 Å². The molecule has 1 aliphatic heterocycles. The van der Waals surface area contributed by atoms with Crippen LogP contribution >= 0.6 is 0 Å². The van der Waals surface area contributed by atoms with Gasteiger partial charge in [0, 0.05) is 45.4 Å². The number of hydrogen-bond donors (Lipinski definition) is 2. The van der Waals surface area contributed by atoms with Gasteiger partial charge in [0.25, 0.3) is 0 Å². The highest BCUT2D eigenvalue weighted by atomic mass is 16.5. The molecule has 0 amide bonds. The molecule has 6 heteroatoms. The lowest BCUT2D eigenvalue weighted by Crippen LogP contribution is -2.57. The number of aliphatic imine (C=N–C) groups is 1. The molecule has 0 atom stereocenters. The van der Waals surface area contributed by atoms with Crippen LogP contribution in [0.1, 0.15) is 59.3 Å². The van der Waals surface area contributed by atoms with Gasteiger partial charge in [-0.25, -0.2) is 0 Å². The molecule has 1 saturated carbocycles. The second-order valence-corrected chi connectivity index (χ2v) is 8.28. The Labute approximate surface area is 160 Å². The van der Waals surface area contributed by atoms with E-state index in [1.54, 1.807) is 0 Å². The first-order valence-electron chi connectivity index (χ1n) is 10.4. The lowest BCUT2D eigenvalue weighted by Gasteiger charge is -2.41. The minimum atomic E-state index is -0.0222. The van der Waals surface area contributed by atoms with Crippen LogP contribution in [0.2, 0.25) is 0 Å². The maximum Gasteiger partial charge on any atom is 0.191 e. The smallest absolute Gasteiger partial charge is 0.191 e. The average Bonchev–Trinajstić information content (AvgIpc) is 2.68. The number of nitrogens with one attached hydrogen (secondary N) is 2. The van der Waals surface area contributed by atoms with Crippen molar-refractivity contribution in [3.63, 3.8) is 0 Å². The van der Waals surface area contributed by atoms with Gasteiger partial charge in [-0.15, -0.1) is 0 Å². The van der Waals surface area contributed by atoms with E-state index in [1.165, 1.54) is 19.3 Å². The van der Waals surface area contributed by atoms with Gasteiger partial charge in [-0.3, -0.25) is 9.89 Å². The van der Waals surface area contributed by atoms with E-state index >= 15 is 0 Å². The number of hydrogen-bond acceptors (Lipinski definition) is 4. The summed E-state index contributed by atoms with van der Waals surface area (Å²) >= 11 is 0. The van der Waals surface area contributed by atoms with Crippen molar-refractivity contribution in [1.82, 2.24) is 15.5 Å². The molecule has 2 rings (SSSR count). The summed E-state index contributed by atoms with van der Waals surface area (Å²) in [5.41, 5.74) is 0.0498. The fourth-order valence-corrected chi connectivity index (χ4v) is 3.93. The van der Waals surface area contributed by atoms with Crippen LogP contribution in [0.5, 0.6) is 0 Å². The van der Waals surface area contributed by atoms with E-state index in [4.69, 9.17) is 9.47 Å². The van der Waals surface area contributed by atoms with Gasteiger partial charge in [0.2, 0.25) is 0 Å². The molecule has 1 heterocycles. The van der Waals surface area contributed by atoms with Gasteiger partial charge in [0.15, 0.2) is 5.96 Å². The van der Waals surface area contributed by atoms with Crippen molar-refractivity contribution in [2.45, 2.75) is 70.4 Å². The normalized spacial score (nSPS) is 22.2. The first-order chi connectivity index (χ1) is 12.5. The molecule has 2 N–H and O–H groups in total. The zero-order chi connectivity index (χ0) is 18.9. The van der Waals surface area contributed by atoms with E-state index in [0.29, 0.717) is 0 Å². The van der Waals surface area contributed by atoms with Gasteiger partial charge < -0.3 is 20.1 Å². The Morgan fingerprint density at radius 1 is 1.15 bits per heavy atom. The molecule has 0 aromatic rings. The lowest BCUT2D eigenvalue weighted by atomic mass is 9.84. The summed E-state index contributed by atoms with van der Waals surface area (Å²) < 4.78 is 11.8. The molecule has 0 unspecified atom stereocenters. The molecule has 1 aliphatic carbocycles. The Hall–Kier alpha value is -0.850. The van der Waals surface area contributed by atoms with E-state index < -0.39 is 0 Å². The second kappa shape index (κ2) is 10.5. The highest BCUT2D eigenvalue weighted by Crippen LogP contribution is 2.31. The summed E-state index contributed by atoms with van der Waals surface area (Å²) in [6.45, 7) is 12.9. The Morgan fingerprint density at radius 2 is 1.85 bits per heavy atom. The molecule has 0 aromatic heterocycles. The summed E-state index contributed by atoms with van der Waals surface area (Å²) in [6, 6.07) is 0. The van der Waals surface area contributed by atoms with E-state index in [1.807, 2.05) is 7.05 Å². The maximum atomic E-state index is 6.29. The molecule has 0 aromatic carbocycles. The number of morpholine rings is 1. The molecule has 0 bridgehead atoms. The van der Waals surface area contributed by atoms with Crippen LogP contribution in [0.3, 0.4) is 0 Å². The number of ether oxygens (including phenoxy) is 2. The third-order valence-electron chi connectivity index (χ3n) is 5.73. The summed E-state index contributed by atoms with van der Waals surface area (Å²) in [5, 5.41) is 7.06. The van der Waals surface area contributed by atoms with Crippen LogP contribution < -0.4 is 10.6 Å². The Bertz CT molecular complexity index is 428. The highest BCUT2D eigenvalue weighted by Gasteiger charge is 2.33. The van der Waals surface area contributed by atoms with Crippen LogP contribution in [-0.2, 0) is 9.47 Å². The molecule has 152 valence electrons. The Kier molecular flexibility index (Phi) is 8.64. The first kappa shape index (κ1) is 21.5. The van der Waals surface area contributed by atoms with Crippen molar-refractivity contribution in [2.75, 3.05) is 53.0 Å². The molecule has 0 spiro atoms. The predicted molar refractivity (Wildman–Crippen MR) is 108 cm³/mol. The molecule has 1 saturated heterocycles. The zero-order valence-electron chi connectivity index (χ0n) is 17.4. The monoisotopic (exact) mass is 368 g/mol. The quantitative estimate of drug-likeness (QED) is 0.509. The van der Waals surface area contributed by atoms with Crippen molar-refractivity contribution in [3.8, 4) is 0 Å². The molecular formula is C20H40N4O2. The minimum absolute atomic E-state index is 0.0222. The maximum absolute atomic E-state index is 6.29. The zero-order valence-corrected chi connectivity index (χ0v) is 17.4. The molecule has 6 nitrogen and oxygen atoms in total. The Morgan fingerprint density at radius 3 is 2.46 bits per heavy atom. The van der Waals surface area contributed by atoms with Crippen molar-refractivity contribution in [3.05, 3.63) is 0 Å². The van der Waals surface area contributed by atoms with Gasteiger partial charge in [-0.1, -0.05) is 26.2 Å². The third kappa shape index (κ3) is 6.39. The summed E-state index contributed by atoms with van der Waals surface area (Å²) in [4.78, 5) is 6.92.